The summed E-state index contributed by atoms with van der Waals surface area (Å²) in [5, 5.41) is 9.38. The van der Waals surface area contributed by atoms with Crippen molar-refractivity contribution in [3.8, 4) is 0 Å². The fraction of sp³-hybridized carbons (Fsp3) is 0.562. The minimum absolute atomic E-state index is 0.0545. The summed E-state index contributed by atoms with van der Waals surface area (Å²) in [5.74, 6) is -1.20. The highest BCUT2D eigenvalue weighted by molar-refractivity contribution is 9.10. The molecule has 5 heteroatoms. The number of halogens is 1. The van der Waals surface area contributed by atoms with Gasteiger partial charge in [-0.3, -0.25) is 9.69 Å². The van der Waals surface area contributed by atoms with Gasteiger partial charge in [-0.2, -0.15) is 0 Å². The molecule has 1 aromatic rings. The molecule has 0 amide bonds. The summed E-state index contributed by atoms with van der Waals surface area (Å²) in [4.78, 5) is 13.7. The molecule has 0 radical (unpaired) electrons. The topological polar surface area (TPSA) is 49.8 Å². The average Bonchev–Trinajstić information content (AvgIpc) is 2.95. The van der Waals surface area contributed by atoms with Crippen molar-refractivity contribution in [2.45, 2.75) is 32.4 Å². The predicted octanol–water partition coefficient (Wildman–Crippen LogP) is 3.32. The first-order chi connectivity index (χ1) is 10.1. The van der Waals surface area contributed by atoms with Gasteiger partial charge in [0.15, 0.2) is 0 Å². The third-order valence-electron chi connectivity index (χ3n) is 4.20. The lowest BCUT2D eigenvalue weighted by molar-refractivity contribution is -0.143. The van der Waals surface area contributed by atoms with Crippen molar-refractivity contribution in [2.24, 2.45) is 5.92 Å². The third kappa shape index (κ3) is 3.65. The van der Waals surface area contributed by atoms with Crippen LogP contribution in [0, 0.1) is 5.92 Å². The van der Waals surface area contributed by atoms with E-state index in [0.717, 1.165) is 17.4 Å². The molecule has 0 bridgehead atoms. The van der Waals surface area contributed by atoms with E-state index in [-0.39, 0.29) is 12.1 Å². The molecule has 3 atom stereocenters. The Bertz CT molecular complexity index is 477. The minimum Gasteiger partial charge on any atom is -0.481 e. The maximum Gasteiger partial charge on any atom is 0.310 e. The quantitative estimate of drug-likeness (QED) is 0.850. The summed E-state index contributed by atoms with van der Waals surface area (Å²) in [6.45, 7) is 5.84. The molecule has 1 fully saturated rings. The Morgan fingerprint density at radius 1 is 1.38 bits per heavy atom. The SMILES string of the molecule is CCC(c1ccc(Br)cc1)N(CC)C1COCC1C(=O)O. The fourth-order valence-corrected chi connectivity index (χ4v) is 3.40. The van der Waals surface area contributed by atoms with Crippen molar-refractivity contribution in [1.82, 2.24) is 4.90 Å². The molecule has 1 N–H and O–H groups in total. The summed E-state index contributed by atoms with van der Waals surface area (Å²) in [5.41, 5.74) is 1.22. The highest BCUT2D eigenvalue weighted by Gasteiger charge is 2.39. The molecule has 21 heavy (non-hydrogen) atoms. The van der Waals surface area contributed by atoms with Crippen LogP contribution in [0.25, 0.3) is 0 Å². The largest absolute Gasteiger partial charge is 0.481 e. The number of rotatable bonds is 6. The second-order valence-electron chi connectivity index (χ2n) is 5.36. The van der Waals surface area contributed by atoms with E-state index in [1.807, 2.05) is 12.1 Å². The van der Waals surface area contributed by atoms with Crippen LogP contribution in [-0.2, 0) is 9.53 Å². The zero-order valence-corrected chi connectivity index (χ0v) is 14.0. The second-order valence-corrected chi connectivity index (χ2v) is 6.27. The van der Waals surface area contributed by atoms with Crippen LogP contribution in [0.2, 0.25) is 0 Å². The molecule has 1 aliphatic heterocycles. The number of aliphatic carboxylic acids is 1. The molecule has 116 valence electrons. The summed E-state index contributed by atoms with van der Waals surface area (Å²) in [7, 11) is 0. The van der Waals surface area contributed by atoms with Gasteiger partial charge in [0.05, 0.1) is 19.1 Å². The van der Waals surface area contributed by atoms with Crippen molar-refractivity contribution in [2.75, 3.05) is 19.8 Å². The highest BCUT2D eigenvalue weighted by atomic mass is 79.9. The van der Waals surface area contributed by atoms with Crippen LogP contribution < -0.4 is 0 Å². The van der Waals surface area contributed by atoms with E-state index >= 15 is 0 Å². The molecule has 0 aliphatic carbocycles. The van der Waals surface area contributed by atoms with Crippen LogP contribution in [0.15, 0.2) is 28.7 Å². The molecule has 0 aromatic heterocycles. The maximum atomic E-state index is 11.4. The Morgan fingerprint density at radius 3 is 2.57 bits per heavy atom. The van der Waals surface area contributed by atoms with Gasteiger partial charge in [0.1, 0.15) is 0 Å². The summed E-state index contributed by atoms with van der Waals surface area (Å²) in [6.07, 6.45) is 0.943. The molecule has 1 saturated heterocycles. The van der Waals surface area contributed by atoms with E-state index < -0.39 is 11.9 Å². The number of ether oxygens (including phenoxy) is 1. The second kappa shape index (κ2) is 7.38. The Kier molecular flexibility index (Phi) is 5.79. The van der Waals surface area contributed by atoms with Crippen LogP contribution in [0.3, 0.4) is 0 Å². The van der Waals surface area contributed by atoms with Crippen molar-refractivity contribution in [3.05, 3.63) is 34.3 Å². The average molecular weight is 356 g/mol. The molecule has 0 spiro atoms. The number of carboxylic acids is 1. The normalized spacial score (nSPS) is 23.4. The molecular weight excluding hydrogens is 334 g/mol. The molecule has 1 aromatic carbocycles. The minimum atomic E-state index is -0.762. The summed E-state index contributed by atoms with van der Waals surface area (Å²) < 4.78 is 6.49. The molecule has 3 unspecified atom stereocenters. The van der Waals surface area contributed by atoms with E-state index in [9.17, 15) is 9.90 Å². The smallest absolute Gasteiger partial charge is 0.310 e. The van der Waals surface area contributed by atoms with E-state index in [1.54, 1.807) is 0 Å². The number of hydrogen-bond acceptors (Lipinski definition) is 3. The standard InChI is InChI=1S/C16H22BrNO3/c1-3-14(11-5-7-12(17)8-6-11)18(4-2)15-10-21-9-13(15)16(19)20/h5-8,13-15H,3-4,9-10H2,1-2H3,(H,19,20). The van der Waals surface area contributed by atoms with Gasteiger partial charge in [0.2, 0.25) is 0 Å². The molecule has 1 aliphatic rings. The van der Waals surface area contributed by atoms with Crippen molar-refractivity contribution < 1.29 is 14.6 Å². The first-order valence-corrected chi connectivity index (χ1v) is 8.19. The number of hydrogen-bond donors (Lipinski definition) is 1. The first-order valence-electron chi connectivity index (χ1n) is 7.40. The zero-order valence-electron chi connectivity index (χ0n) is 12.5. The molecule has 1 heterocycles. The molecular formula is C16H22BrNO3. The lowest BCUT2D eigenvalue weighted by Gasteiger charge is -2.36. The van der Waals surface area contributed by atoms with Crippen LogP contribution >= 0.6 is 15.9 Å². The predicted molar refractivity (Wildman–Crippen MR) is 85.3 cm³/mol. The van der Waals surface area contributed by atoms with Gasteiger partial charge in [-0.1, -0.05) is 41.9 Å². The summed E-state index contributed by atoms with van der Waals surface area (Å²) >= 11 is 3.45. The zero-order chi connectivity index (χ0) is 15.4. The lowest BCUT2D eigenvalue weighted by Crippen LogP contribution is -2.44. The Balaban J connectivity index is 2.25. The third-order valence-corrected chi connectivity index (χ3v) is 4.73. The van der Waals surface area contributed by atoms with Crippen LogP contribution in [0.1, 0.15) is 31.9 Å². The number of carboxylic acid groups (broad SMARTS) is 1. The number of carbonyl (C=O) groups is 1. The van der Waals surface area contributed by atoms with E-state index in [0.29, 0.717) is 13.2 Å². The van der Waals surface area contributed by atoms with Crippen molar-refractivity contribution in [3.63, 3.8) is 0 Å². The van der Waals surface area contributed by atoms with E-state index in [1.165, 1.54) is 5.56 Å². The van der Waals surface area contributed by atoms with Crippen LogP contribution in [0.4, 0.5) is 0 Å². The van der Waals surface area contributed by atoms with Gasteiger partial charge in [0, 0.05) is 16.6 Å². The van der Waals surface area contributed by atoms with Gasteiger partial charge >= 0.3 is 5.97 Å². The van der Waals surface area contributed by atoms with E-state index in [4.69, 9.17) is 4.74 Å². The molecule has 2 rings (SSSR count). The Hall–Kier alpha value is -0.910. The van der Waals surface area contributed by atoms with Crippen molar-refractivity contribution >= 4 is 21.9 Å². The highest BCUT2D eigenvalue weighted by Crippen LogP contribution is 2.31. The Morgan fingerprint density at radius 2 is 2.05 bits per heavy atom. The fourth-order valence-electron chi connectivity index (χ4n) is 3.14. The van der Waals surface area contributed by atoms with Gasteiger partial charge in [-0.05, 0) is 30.7 Å². The molecule has 0 saturated carbocycles. The lowest BCUT2D eigenvalue weighted by atomic mass is 9.96. The first kappa shape index (κ1) is 16.5. The van der Waals surface area contributed by atoms with Gasteiger partial charge < -0.3 is 9.84 Å². The van der Waals surface area contributed by atoms with Gasteiger partial charge in [-0.25, -0.2) is 0 Å². The van der Waals surface area contributed by atoms with Gasteiger partial charge in [-0.15, -0.1) is 0 Å². The number of nitrogens with zero attached hydrogens (tertiary/aromatic N) is 1. The number of likely N-dealkylation sites (N-methyl/N-ethyl adjacent to an activating group) is 1. The monoisotopic (exact) mass is 355 g/mol. The Labute approximate surface area is 134 Å². The number of benzene rings is 1. The van der Waals surface area contributed by atoms with Crippen LogP contribution in [-0.4, -0.2) is 41.8 Å². The van der Waals surface area contributed by atoms with Crippen molar-refractivity contribution in [1.29, 1.82) is 0 Å². The molecule has 4 nitrogen and oxygen atoms in total. The van der Waals surface area contributed by atoms with Gasteiger partial charge in [0.25, 0.3) is 0 Å². The van der Waals surface area contributed by atoms with E-state index in [2.05, 4.69) is 46.8 Å². The summed E-state index contributed by atoms with van der Waals surface area (Å²) in [6, 6.07) is 8.44. The van der Waals surface area contributed by atoms with Crippen LogP contribution in [0.5, 0.6) is 0 Å². The maximum absolute atomic E-state index is 11.4.